The van der Waals surface area contributed by atoms with Crippen LogP contribution in [0.25, 0.3) is 0 Å². The van der Waals surface area contributed by atoms with E-state index in [9.17, 15) is 14.4 Å². The minimum atomic E-state index is -0.349. The number of nitrogens with zero attached hydrogens (tertiary/aromatic N) is 2. The van der Waals surface area contributed by atoms with E-state index in [-0.39, 0.29) is 23.6 Å². The predicted octanol–water partition coefficient (Wildman–Crippen LogP) is 2.04. The molecule has 1 saturated carbocycles. The number of hydrogen-bond acceptors (Lipinski definition) is 5. The van der Waals surface area contributed by atoms with Crippen molar-refractivity contribution in [3.8, 4) is 0 Å². The van der Waals surface area contributed by atoms with Crippen LogP contribution in [0.2, 0.25) is 0 Å². The molecule has 0 unspecified atom stereocenters. The Morgan fingerprint density at radius 3 is 2.44 bits per heavy atom. The topological polar surface area (TPSA) is 113 Å². The molecule has 0 spiro atoms. The van der Waals surface area contributed by atoms with E-state index in [1.165, 1.54) is 25.4 Å². The molecule has 1 aliphatic carbocycles. The molecule has 2 aromatic rings. The lowest BCUT2D eigenvalue weighted by molar-refractivity contribution is -0.117. The average Bonchev–Trinajstić information content (AvgIpc) is 3.41. The molecule has 0 radical (unpaired) electrons. The highest BCUT2D eigenvalue weighted by Crippen LogP contribution is 2.30. The summed E-state index contributed by atoms with van der Waals surface area (Å²) in [6.45, 7) is 1.39. The van der Waals surface area contributed by atoms with Gasteiger partial charge in [-0.2, -0.15) is 0 Å². The summed E-state index contributed by atoms with van der Waals surface area (Å²) in [7, 11) is 0. The molecule has 0 bridgehead atoms. The van der Waals surface area contributed by atoms with Crippen LogP contribution >= 0.6 is 0 Å². The van der Waals surface area contributed by atoms with E-state index in [2.05, 4.69) is 25.9 Å². The standard InChI is InChI=1S/C17H17N5O3/c1-10(23)20-14-5-4-13(9-19-14)21-17(25)12-6-7-18-15(8-12)22-16(24)11-2-3-11/h4-9,11H,2-3H2,1H3,(H,21,25)(H,18,22,24)(H,19,20,23). The summed E-state index contributed by atoms with van der Waals surface area (Å²) < 4.78 is 0. The molecule has 0 saturated heterocycles. The molecule has 1 aliphatic rings. The molecule has 3 N–H and O–H groups in total. The molecule has 8 heteroatoms. The zero-order valence-corrected chi connectivity index (χ0v) is 13.6. The zero-order valence-electron chi connectivity index (χ0n) is 13.6. The van der Waals surface area contributed by atoms with Crippen LogP contribution in [0.1, 0.15) is 30.1 Å². The van der Waals surface area contributed by atoms with Crippen molar-refractivity contribution in [3.05, 3.63) is 42.2 Å². The molecule has 128 valence electrons. The van der Waals surface area contributed by atoms with Gasteiger partial charge in [0.2, 0.25) is 11.8 Å². The van der Waals surface area contributed by atoms with Gasteiger partial charge in [-0.15, -0.1) is 0 Å². The van der Waals surface area contributed by atoms with E-state index in [0.717, 1.165) is 12.8 Å². The maximum absolute atomic E-state index is 12.3. The van der Waals surface area contributed by atoms with Crippen molar-refractivity contribution in [2.45, 2.75) is 19.8 Å². The molecule has 0 aliphatic heterocycles. The number of carbonyl (C=O) groups is 3. The molecule has 8 nitrogen and oxygen atoms in total. The molecule has 0 aromatic carbocycles. The first-order valence-corrected chi connectivity index (χ1v) is 7.83. The Bertz CT molecular complexity index is 815. The number of pyridine rings is 2. The highest BCUT2D eigenvalue weighted by molar-refractivity contribution is 6.05. The highest BCUT2D eigenvalue weighted by Gasteiger charge is 2.29. The van der Waals surface area contributed by atoms with E-state index in [1.54, 1.807) is 18.2 Å². The summed E-state index contributed by atoms with van der Waals surface area (Å²) in [5, 5.41) is 7.95. The smallest absolute Gasteiger partial charge is 0.255 e. The van der Waals surface area contributed by atoms with Crippen molar-refractivity contribution in [1.82, 2.24) is 9.97 Å². The molecule has 25 heavy (non-hydrogen) atoms. The fraction of sp³-hybridized carbons (Fsp3) is 0.235. The van der Waals surface area contributed by atoms with Crippen molar-refractivity contribution >= 4 is 35.0 Å². The van der Waals surface area contributed by atoms with Gasteiger partial charge in [-0.25, -0.2) is 9.97 Å². The molecule has 0 atom stereocenters. The average molecular weight is 339 g/mol. The highest BCUT2D eigenvalue weighted by atomic mass is 16.2. The van der Waals surface area contributed by atoms with Crippen LogP contribution in [-0.4, -0.2) is 27.7 Å². The summed E-state index contributed by atoms with van der Waals surface area (Å²) >= 11 is 0. The maximum atomic E-state index is 12.3. The minimum absolute atomic E-state index is 0.0625. The fourth-order valence-electron chi connectivity index (χ4n) is 2.14. The lowest BCUT2D eigenvalue weighted by Crippen LogP contribution is -2.16. The third-order valence-electron chi connectivity index (χ3n) is 3.55. The van der Waals surface area contributed by atoms with Gasteiger partial charge in [0.25, 0.3) is 5.91 Å². The summed E-state index contributed by atoms with van der Waals surface area (Å²) in [4.78, 5) is 43.1. The van der Waals surface area contributed by atoms with Crippen LogP contribution in [0.3, 0.4) is 0 Å². The largest absolute Gasteiger partial charge is 0.321 e. The Hall–Kier alpha value is -3.29. The van der Waals surface area contributed by atoms with E-state index in [4.69, 9.17) is 0 Å². The lowest BCUT2D eigenvalue weighted by Gasteiger charge is -2.08. The van der Waals surface area contributed by atoms with Crippen molar-refractivity contribution in [3.63, 3.8) is 0 Å². The van der Waals surface area contributed by atoms with Crippen LogP contribution < -0.4 is 16.0 Å². The van der Waals surface area contributed by atoms with Crippen LogP contribution in [0, 0.1) is 5.92 Å². The van der Waals surface area contributed by atoms with Gasteiger partial charge in [0.1, 0.15) is 11.6 Å². The van der Waals surface area contributed by atoms with E-state index < -0.39 is 0 Å². The number of hydrogen-bond donors (Lipinski definition) is 3. The van der Waals surface area contributed by atoms with E-state index in [0.29, 0.717) is 22.9 Å². The van der Waals surface area contributed by atoms with Crippen molar-refractivity contribution < 1.29 is 14.4 Å². The molecular formula is C17H17N5O3. The molecule has 2 heterocycles. The van der Waals surface area contributed by atoms with Gasteiger partial charge in [-0.3, -0.25) is 14.4 Å². The number of aromatic nitrogens is 2. The van der Waals surface area contributed by atoms with Gasteiger partial charge in [0.05, 0.1) is 11.9 Å². The van der Waals surface area contributed by atoms with Crippen LogP contribution in [0.15, 0.2) is 36.7 Å². The second-order valence-electron chi connectivity index (χ2n) is 5.76. The Labute approximate surface area is 144 Å². The third kappa shape index (κ3) is 4.60. The molecular weight excluding hydrogens is 322 g/mol. The maximum Gasteiger partial charge on any atom is 0.255 e. The summed E-state index contributed by atoms with van der Waals surface area (Å²) in [5.41, 5.74) is 0.853. The van der Waals surface area contributed by atoms with Gasteiger partial charge < -0.3 is 16.0 Å². The SMILES string of the molecule is CC(=O)Nc1ccc(NC(=O)c2ccnc(NC(=O)C3CC3)c2)cn1. The zero-order chi connectivity index (χ0) is 17.8. The molecule has 2 aromatic heterocycles. The first-order valence-electron chi connectivity index (χ1n) is 7.83. The first-order chi connectivity index (χ1) is 12.0. The Kier molecular flexibility index (Phi) is 4.69. The number of anilines is 3. The lowest BCUT2D eigenvalue weighted by atomic mass is 10.2. The Morgan fingerprint density at radius 2 is 1.80 bits per heavy atom. The Morgan fingerprint density at radius 1 is 1.00 bits per heavy atom. The fourth-order valence-corrected chi connectivity index (χ4v) is 2.14. The van der Waals surface area contributed by atoms with Crippen LogP contribution in [0.5, 0.6) is 0 Å². The second-order valence-corrected chi connectivity index (χ2v) is 5.76. The molecule has 1 fully saturated rings. The van der Waals surface area contributed by atoms with Gasteiger partial charge in [-0.1, -0.05) is 0 Å². The van der Waals surface area contributed by atoms with Crippen molar-refractivity contribution in [2.24, 2.45) is 5.92 Å². The third-order valence-corrected chi connectivity index (χ3v) is 3.55. The number of nitrogens with one attached hydrogen (secondary N) is 3. The van der Waals surface area contributed by atoms with Gasteiger partial charge in [-0.05, 0) is 37.1 Å². The van der Waals surface area contributed by atoms with E-state index in [1.807, 2.05) is 0 Å². The summed E-state index contributed by atoms with van der Waals surface area (Å²) in [6, 6.07) is 6.30. The van der Waals surface area contributed by atoms with Gasteiger partial charge >= 0.3 is 0 Å². The van der Waals surface area contributed by atoms with E-state index >= 15 is 0 Å². The monoisotopic (exact) mass is 339 g/mol. The van der Waals surface area contributed by atoms with Crippen molar-refractivity contribution in [1.29, 1.82) is 0 Å². The summed E-state index contributed by atoms with van der Waals surface area (Å²) in [5.74, 6) is 0.179. The number of amides is 3. The van der Waals surface area contributed by atoms with Gasteiger partial charge in [0.15, 0.2) is 0 Å². The van der Waals surface area contributed by atoms with Gasteiger partial charge in [0, 0.05) is 24.6 Å². The van der Waals surface area contributed by atoms with Crippen LogP contribution in [-0.2, 0) is 9.59 Å². The molecule has 3 amide bonds. The molecule has 3 rings (SSSR count). The van der Waals surface area contributed by atoms with Crippen LogP contribution in [0.4, 0.5) is 17.3 Å². The number of rotatable bonds is 5. The summed E-state index contributed by atoms with van der Waals surface area (Å²) in [6.07, 6.45) is 4.71. The van der Waals surface area contributed by atoms with Crippen molar-refractivity contribution in [2.75, 3.05) is 16.0 Å². The quantitative estimate of drug-likeness (QED) is 0.771. The normalized spacial score (nSPS) is 13.0. The number of carbonyl (C=O) groups excluding carboxylic acids is 3. The Balaban J connectivity index is 1.64. The first kappa shape index (κ1) is 16.6. The second kappa shape index (κ2) is 7.08. The predicted molar refractivity (Wildman–Crippen MR) is 92.1 cm³/mol. The minimum Gasteiger partial charge on any atom is -0.321 e.